The molecule has 26 heavy (non-hydrogen) atoms. The molecule has 3 aromatic rings. The molecule has 0 bridgehead atoms. The molecule has 0 spiro atoms. The number of carbonyl (C=O) groups excluding carboxylic acids is 1. The highest BCUT2D eigenvalue weighted by Crippen LogP contribution is 2.25. The fourth-order valence-corrected chi connectivity index (χ4v) is 3.09. The van der Waals surface area contributed by atoms with Gasteiger partial charge in [0.15, 0.2) is 0 Å². The number of carbonyl (C=O) groups is 1. The number of hydrogen-bond acceptors (Lipinski definition) is 4. The third-order valence-electron chi connectivity index (χ3n) is 4.21. The van der Waals surface area contributed by atoms with Crippen LogP contribution >= 0.6 is 0 Å². The fourth-order valence-electron chi connectivity index (χ4n) is 3.09. The van der Waals surface area contributed by atoms with Crippen LogP contribution in [0.5, 0.6) is 0 Å². The van der Waals surface area contributed by atoms with Gasteiger partial charge in [-0.25, -0.2) is 0 Å². The molecule has 0 aliphatic carbocycles. The van der Waals surface area contributed by atoms with Gasteiger partial charge in [0.2, 0.25) is 5.91 Å². The van der Waals surface area contributed by atoms with Crippen molar-refractivity contribution in [1.29, 1.82) is 0 Å². The van der Waals surface area contributed by atoms with Gasteiger partial charge < -0.3 is 5.73 Å². The third kappa shape index (κ3) is 4.52. The van der Waals surface area contributed by atoms with E-state index in [0.29, 0.717) is 13.1 Å². The molecule has 3 rings (SSSR count). The molecule has 1 aromatic carbocycles. The van der Waals surface area contributed by atoms with E-state index in [9.17, 15) is 4.79 Å². The van der Waals surface area contributed by atoms with Crippen molar-refractivity contribution in [2.75, 3.05) is 0 Å². The Morgan fingerprint density at radius 1 is 1.00 bits per heavy atom. The SMILES string of the molecule is Cc1cccc(C(C(N)=O)N(Cc2cccnc2)Cc2cccnc2)c1. The summed E-state index contributed by atoms with van der Waals surface area (Å²) >= 11 is 0. The Bertz CT molecular complexity index is 811. The van der Waals surface area contributed by atoms with Crippen LogP contribution in [0.2, 0.25) is 0 Å². The molecule has 0 fully saturated rings. The molecule has 132 valence electrons. The van der Waals surface area contributed by atoms with E-state index in [1.54, 1.807) is 12.4 Å². The second-order valence-corrected chi connectivity index (χ2v) is 6.35. The van der Waals surface area contributed by atoms with Gasteiger partial charge in [0, 0.05) is 37.9 Å². The fraction of sp³-hybridized carbons (Fsp3) is 0.190. The zero-order chi connectivity index (χ0) is 18.4. The van der Waals surface area contributed by atoms with Gasteiger partial charge in [-0.3, -0.25) is 19.7 Å². The van der Waals surface area contributed by atoms with Gasteiger partial charge in [-0.2, -0.15) is 0 Å². The van der Waals surface area contributed by atoms with E-state index in [4.69, 9.17) is 5.73 Å². The predicted molar refractivity (Wildman–Crippen MR) is 101 cm³/mol. The highest BCUT2D eigenvalue weighted by atomic mass is 16.1. The van der Waals surface area contributed by atoms with Crippen molar-refractivity contribution < 1.29 is 4.79 Å². The maximum Gasteiger partial charge on any atom is 0.239 e. The van der Waals surface area contributed by atoms with Crippen LogP contribution in [0.25, 0.3) is 0 Å². The van der Waals surface area contributed by atoms with Gasteiger partial charge in [0.25, 0.3) is 0 Å². The van der Waals surface area contributed by atoms with Gasteiger partial charge >= 0.3 is 0 Å². The molecule has 1 unspecified atom stereocenters. The molecule has 0 aliphatic heterocycles. The number of primary amides is 1. The first-order valence-corrected chi connectivity index (χ1v) is 8.51. The molecule has 2 N–H and O–H groups in total. The van der Waals surface area contributed by atoms with Crippen molar-refractivity contribution in [2.24, 2.45) is 5.73 Å². The number of nitrogens with two attached hydrogens (primary N) is 1. The second-order valence-electron chi connectivity index (χ2n) is 6.35. The molecule has 0 saturated carbocycles. The summed E-state index contributed by atoms with van der Waals surface area (Å²) in [6, 6.07) is 15.2. The van der Waals surface area contributed by atoms with Crippen LogP contribution in [0.15, 0.2) is 73.3 Å². The van der Waals surface area contributed by atoms with Crippen molar-refractivity contribution in [3.8, 4) is 0 Å². The summed E-state index contributed by atoms with van der Waals surface area (Å²) < 4.78 is 0. The Morgan fingerprint density at radius 2 is 1.62 bits per heavy atom. The molecule has 5 heteroatoms. The van der Waals surface area contributed by atoms with E-state index in [1.165, 1.54) is 0 Å². The van der Waals surface area contributed by atoms with Crippen LogP contribution in [-0.4, -0.2) is 20.8 Å². The Kier molecular flexibility index (Phi) is 5.71. The van der Waals surface area contributed by atoms with Crippen LogP contribution in [0.4, 0.5) is 0 Å². The lowest BCUT2D eigenvalue weighted by Crippen LogP contribution is -2.37. The zero-order valence-electron chi connectivity index (χ0n) is 14.7. The maximum atomic E-state index is 12.4. The molecular formula is C21H22N4O. The van der Waals surface area contributed by atoms with Crippen molar-refractivity contribution >= 4 is 5.91 Å². The normalized spacial score (nSPS) is 12.1. The first kappa shape index (κ1) is 17.8. The molecule has 2 heterocycles. The van der Waals surface area contributed by atoms with Gasteiger partial charge in [-0.1, -0.05) is 42.0 Å². The van der Waals surface area contributed by atoms with Gasteiger partial charge in [-0.05, 0) is 35.7 Å². The lowest BCUT2D eigenvalue weighted by Gasteiger charge is -2.30. The molecule has 0 aliphatic rings. The number of aromatic nitrogens is 2. The Morgan fingerprint density at radius 3 is 2.08 bits per heavy atom. The quantitative estimate of drug-likeness (QED) is 0.714. The first-order chi connectivity index (χ1) is 12.6. The molecule has 0 saturated heterocycles. The van der Waals surface area contributed by atoms with Gasteiger partial charge in [0.05, 0.1) is 0 Å². The maximum absolute atomic E-state index is 12.4. The van der Waals surface area contributed by atoms with Crippen molar-refractivity contribution in [3.05, 3.63) is 95.6 Å². The standard InChI is InChI=1S/C21H22N4O/c1-16-5-2-8-19(11-16)20(21(22)26)25(14-17-6-3-9-23-12-17)15-18-7-4-10-24-13-18/h2-13,20H,14-15H2,1H3,(H2,22,26). The van der Waals surface area contributed by atoms with Crippen LogP contribution in [0.3, 0.4) is 0 Å². The number of aryl methyl sites for hydroxylation is 1. The number of pyridine rings is 2. The molecule has 1 atom stereocenters. The Balaban J connectivity index is 1.97. The molecular weight excluding hydrogens is 324 g/mol. The number of benzene rings is 1. The van der Waals surface area contributed by atoms with E-state index >= 15 is 0 Å². The summed E-state index contributed by atoms with van der Waals surface area (Å²) in [5.41, 5.74) is 9.85. The number of hydrogen-bond donors (Lipinski definition) is 1. The molecule has 0 radical (unpaired) electrons. The topological polar surface area (TPSA) is 72.1 Å². The van der Waals surface area contributed by atoms with E-state index in [-0.39, 0.29) is 5.91 Å². The Labute approximate surface area is 153 Å². The van der Waals surface area contributed by atoms with Crippen molar-refractivity contribution in [1.82, 2.24) is 14.9 Å². The van der Waals surface area contributed by atoms with E-state index in [1.807, 2.05) is 67.8 Å². The molecule has 2 aromatic heterocycles. The average Bonchev–Trinajstić information content (AvgIpc) is 2.63. The predicted octanol–water partition coefficient (Wildman–Crippen LogP) is 3.01. The summed E-state index contributed by atoms with van der Waals surface area (Å²) in [4.78, 5) is 22.8. The summed E-state index contributed by atoms with van der Waals surface area (Å²) in [6.07, 6.45) is 7.09. The highest BCUT2D eigenvalue weighted by Gasteiger charge is 2.26. The van der Waals surface area contributed by atoms with Crippen molar-refractivity contribution in [3.63, 3.8) is 0 Å². The second kappa shape index (κ2) is 8.36. The van der Waals surface area contributed by atoms with Crippen molar-refractivity contribution in [2.45, 2.75) is 26.1 Å². The minimum Gasteiger partial charge on any atom is -0.368 e. The number of amides is 1. The minimum atomic E-state index is -0.532. The van der Waals surface area contributed by atoms with E-state index in [0.717, 1.165) is 22.3 Å². The van der Waals surface area contributed by atoms with Crippen LogP contribution < -0.4 is 5.73 Å². The van der Waals surface area contributed by atoms with Crippen LogP contribution in [0, 0.1) is 6.92 Å². The molecule has 1 amide bonds. The van der Waals surface area contributed by atoms with E-state index < -0.39 is 6.04 Å². The lowest BCUT2D eigenvalue weighted by atomic mass is 10.0. The smallest absolute Gasteiger partial charge is 0.239 e. The first-order valence-electron chi connectivity index (χ1n) is 8.51. The number of rotatable bonds is 7. The largest absolute Gasteiger partial charge is 0.368 e. The lowest BCUT2D eigenvalue weighted by molar-refractivity contribution is -0.124. The molecule has 5 nitrogen and oxygen atoms in total. The van der Waals surface area contributed by atoms with Gasteiger partial charge in [0.1, 0.15) is 6.04 Å². The average molecular weight is 346 g/mol. The highest BCUT2D eigenvalue weighted by molar-refractivity contribution is 5.81. The summed E-state index contributed by atoms with van der Waals surface area (Å²) in [5, 5.41) is 0. The summed E-state index contributed by atoms with van der Waals surface area (Å²) in [7, 11) is 0. The van der Waals surface area contributed by atoms with Gasteiger partial charge in [-0.15, -0.1) is 0 Å². The Hall–Kier alpha value is -3.05. The minimum absolute atomic E-state index is 0.372. The summed E-state index contributed by atoms with van der Waals surface area (Å²) in [6.45, 7) is 3.13. The zero-order valence-corrected chi connectivity index (χ0v) is 14.7. The third-order valence-corrected chi connectivity index (χ3v) is 4.21. The number of nitrogens with zero attached hydrogens (tertiary/aromatic N) is 3. The monoisotopic (exact) mass is 346 g/mol. The summed E-state index contributed by atoms with van der Waals surface area (Å²) in [5.74, 6) is -0.372. The van der Waals surface area contributed by atoms with E-state index in [2.05, 4.69) is 14.9 Å². The van der Waals surface area contributed by atoms with Crippen LogP contribution in [0.1, 0.15) is 28.3 Å². The van der Waals surface area contributed by atoms with Crippen LogP contribution in [-0.2, 0) is 17.9 Å².